The van der Waals surface area contributed by atoms with Crippen molar-refractivity contribution >= 4 is 10.0 Å². The summed E-state index contributed by atoms with van der Waals surface area (Å²) in [6, 6.07) is 5.96. The normalized spacial score (nSPS) is 14.2. The fourth-order valence-electron chi connectivity index (χ4n) is 1.69. The van der Waals surface area contributed by atoms with Crippen LogP contribution in [0, 0.1) is 19.3 Å². The van der Waals surface area contributed by atoms with Crippen molar-refractivity contribution in [2.45, 2.75) is 36.8 Å². The standard InChI is InChI=1S/C15H19NO3S/c1-4-6-14(17)11-13(5-2)16-20(18,19)15-9-7-12(3)8-10-15/h1,5,7-10,13-14,16-17H,2,6,11H2,3H3/t13-,14-/m1/s1. The van der Waals surface area contributed by atoms with Crippen LogP contribution in [0.4, 0.5) is 0 Å². The highest BCUT2D eigenvalue weighted by Crippen LogP contribution is 2.12. The molecule has 0 saturated heterocycles. The molecule has 2 N–H and O–H groups in total. The molecule has 0 fully saturated rings. The van der Waals surface area contributed by atoms with Crippen molar-refractivity contribution in [1.29, 1.82) is 0 Å². The first-order valence-electron chi connectivity index (χ1n) is 6.22. The Morgan fingerprint density at radius 3 is 2.55 bits per heavy atom. The molecular formula is C15H19NO3S. The molecule has 0 unspecified atom stereocenters. The van der Waals surface area contributed by atoms with Crippen molar-refractivity contribution in [2.75, 3.05) is 0 Å². The summed E-state index contributed by atoms with van der Waals surface area (Å²) in [6.07, 6.45) is 6.16. The van der Waals surface area contributed by atoms with E-state index in [0.29, 0.717) is 0 Å². The van der Waals surface area contributed by atoms with Gasteiger partial charge in [0.1, 0.15) is 0 Å². The Morgan fingerprint density at radius 2 is 2.05 bits per heavy atom. The zero-order chi connectivity index (χ0) is 15.2. The number of aliphatic hydroxyl groups is 1. The van der Waals surface area contributed by atoms with Crippen molar-refractivity contribution in [3.63, 3.8) is 0 Å². The predicted octanol–water partition coefficient (Wildman–Crippen LogP) is 1.60. The molecule has 0 heterocycles. The summed E-state index contributed by atoms with van der Waals surface area (Å²) in [5.41, 5.74) is 0.980. The molecule has 0 aliphatic rings. The molecule has 4 nitrogen and oxygen atoms in total. The van der Waals surface area contributed by atoms with Gasteiger partial charge in [-0.05, 0) is 25.5 Å². The molecule has 0 radical (unpaired) electrons. The quantitative estimate of drug-likeness (QED) is 0.593. The van der Waals surface area contributed by atoms with E-state index in [-0.39, 0.29) is 17.7 Å². The second-order valence-corrected chi connectivity index (χ2v) is 6.29. The Bertz CT molecular complexity index is 585. The number of sulfonamides is 1. The summed E-state index contributed by atoms with van der Waals surface area (Å²) in [6.45, 7) is 5.46. The van der Waals surface area contributed by atoms with Gasteiger partial charge in [-0.1, -0.05) is 23.8 Å². The molecule has 0 aliphatic carbocycles. The van der Waals surface area contributed by atoms with Gasteiger partial charge >= 0.3 is 0 Å². The van der Waals surface area contributed by atoms with Gasteiger partial charge in [0, 0.05) is 12.5 Å². The molecule has 0 amide bonds. The summed E-state index contributed by atoms with van der Waals surface area (Å²) in [5, 5.41) is 9.63. The number of nitrogens with one attached hydrogen (secondary N) is 1. The first-order valence-corrected chi connectivity index (χ1v) is 7.70. The van der Waals surface area contributed by atoms with Crippen LogP contribution in [-0.4, -0.2) is 25.7 Å². The smallest absolute Gasteiger partial charge is 0.241 e. The molecule has 108 valence electrons. The van der Waals surface area contributed by atoms with E-state index in [4.69, 9.17) is 6.42 Å². The first-order chi connectivity index (χ1) is 9.39. The molecular weight excluding hydrogens is 274 g/mol. The maximum absolute atomic E-state index is 12.2. The molecule has 1 aromatic carbocycles. The maximum atomic E-state index is 12.2. The topological polar surface area (TPSA) is 66.4 Å². The average Bonchev–Trinajstić information content (AvgIpc) is 2.38. The maximum Gasteiger partial charge on any atom is 0.241 e. The number of hydrogen-bond acceptors (Lipinski definition) is 3. The van der Waals surface area contributed by atoms with Crippen molar-refractivity contribution in [3.8, 4) is 12.3 Å². The summed E-state index contributed by atoms with van der Waals surface area (Å²) in [5.74, 6) is 2.34. The third-order valence-corrected chi connectivity index (χ3v) is 4.31. The molecule has 0 saturated carbocycles. The van der Waals surface area contributed by atoms with E-state index in [0.717, 1.165) is 5.56 Å². The minimum Gasteiger partial charge on any atom is -0.392 e. The molecule has 1 rings (SSSR count). The summed E-state index contributed by atoms with van der Waals surface area (Å²) in [7, 11) is -3.63. The zero-order valence-corrected chi connectivity index (χ0v) is 12.2. The van der Waals surface area contributed by atoms with Gasteiger partial charge in [0.05, 0.1) is 11.0 Å². The van der Waals surface area contributed by atoms with E-state index in [2.05, 4.69) is 17.2 Å². The fourth-order valence-corrected chi connectivity index (χ4v) is 2.91. The van der Waals surface area contributed by atoms with Crippen LogP contribution in [0.25, 0.3) is 0 Å². The Labute approximate surface area is 120 Å². The van der Waals surface area contributed by atoms with Crippen LogP contribution in [0.5, 0.6) is 0 Å². The van der Waals surface area contributed by atoms with Gasteiger partial charge in [-0.15, -0.1) is 18.9 Å². The lowest BCUT2D eigenvalue weighted by molar-refractivity contribution is 0.164. The molecule has 0 spiro atoms. The minimum atomic E-state index is -3.63. The Morgan fingerprint density at radius 1 is 1.45 bits per heavy atom. The number of rotatable bonds is 7. The monoisotopic (exact) mass is 293 g/mol. The summed E-state index contributed by atoms with van der Waals surface area (Å²) < 4.78 is 26.8. The SMILES string of the molecule is C#CC[C@@H](O)C[C@@H](C=C)NS(=O)(=O)c1ccc(C)cc1. The van der Waals surface area contributed by atoms with Gasteiger partial charge in [0.15, 0.2) is 0 Å². The highest BCUT2D eigenvalue weighted by atomic mass is 32.2. The molecule has 5 heteroatoms. The van der Waals surface area contributed by atoms with E-state index in [1.807, 2.05) is 6.92 Å². The fraction of sp³-hybridized carbons (Fsp3) is 0.333. The molecule has 0 aromatic heterocycles. The predicted molar refractivity (Wildman–Crippen MR) is 79.6 cm³/mol. The number of aryl methyl sites for hydroxylation is 1. The van der Waals surface area contributed by atoms with E-state index in [1.165, 1.54) is 18.2 Å². The Balaban J connectivity index is 2.80. The van der Waals surface area contributed by atoms with Crippen molar-refractivity contribution in [3.05, 3.63) is 42.5 Å². The Kier molecular flexibility index (Phi) is 5.96. The van der Waals surface area contributed by atoms with Crippen LogP contribution in [-0.2, 0) is 10.0 Å². The first kappa shape index (κ1) is 16.4. The number of hydrogen-bond donors (Lipinski definition) is 2. The van der Waals surface area contributed by atoms with Gasteiger partial charge in [0.2, 0.25) is 10.0 Å². The van der Waals surface area contributed by atoms with Crippen LogP contribution in [0.2, 0.25) is 0 Å². The molecule has 1 aromatic rings. The van der Waals surface area contributed by atoms with E-state index in [1.54, 1.807) is 12.1 Å². The highest BCUT2D eigenvalue weighted by Gasteiger charge is 2.20. The van der Waals surface area contributed by atoms with Gasteiger partial charge < -0.3 is 5.11 Å². The molecule has 2 atom stereocenters. The number of aliphatic hydroxyl groups excluding tert-OH is 1. The van der Waals surface area contributed by atoms with Crippen LogP contribution >= 0.6 is 0 Å². The third kappa shape index (κ3) is 4.82. The van der Waals surface area contributed by atoms with Crippen LogP contribution < -0.4 is 4.72 Å². The van der Waals surface area contributed by atoms with Crippen LogP contribution in [0.15, 0.2) is 41.8 Å². The van der Waals surface area contributed by atoms with E-state index in [9.17, 15) is 13.5 Å². The zero-order valence-electron chi connectivity index (χ0n) is 11.4. The summed E-state index contributed by atoms with van der Waals surface area (Å²) in [4.78, 5) is 0.182. The number of benzene rings is 1. The molecule has 20 heavy (non-hydrogen) atoms. The van der Waals surface area contributed by atoms with E-state index >= 15 is 0 Å². The number of terminal acetylenes is 1. The van der Waals surface area contributed by atoms with Crippen molar-refractivity contribution in [1.82, 2.24) is 4.72 Å². The van der Waals surface area contributed by atoms with Crippen molar-refractivity contribution < 1.29 is 13.5 Å². The molecule has 0 aliphatic heterocycles. The van der Waals surface area contributed by atoms with Gasteiger partial charge in [-0.2, -0.15) is 0 Å². The van der Waals surface area contributed by atoms with Crippen LogP contribution in [0.1, 0.15) is 18.4 Å². The Hall–Kier alpha value is -1.61. The average molecular weight is 293 g/mol. The largest absolute Gasteiger partial charge is 0.392 e. The lowest BCUT2D eigenvalue weighted by Gasteiger charge is -2.17. The minimum absolute atomic E-state index is 0.177. The summed E-state index contributed by atoms with van der Waals surface area (Å²) >= 11 is 0. The lowest BCUT2D eigenvalue weighted by Crippen LogP contribution is -2.35. The van der Waals surface area contributed by atoms with Crippen LogP contribution in [0.3, 0.4) is 0 Å². The van der Waals surface area contributed by atoms with Gasteiger partial charge in [0.25, 0.3) is 0 Å². The second-order valence-electron chi connectivity index (χ2n) is 4.57. The second kappa shape index (κ2) is 7.25. The van der Waals surface area contributed by atoms with E-state index < -0.39 is 22.2 Å². The third-order valence-electron chi connectivity index (χ3n) is 2.80. The van der Waals surface area contributed by atoms with Crippen molar-refractivity contribution in [2.24, 2.45) is 0 Å². The lowest BCUT2D eigenvalue weighted by atomic mass is 10.1. The van der Waals surface area contributed by atoms with Gasteiger partial charge in [-0.3, -0.25) is 0 Å². The molecule has 0 bridgehead atoms. The highest BCUT2D eigenvalue weighted by molar-refractivity contribution is 7.89. The van der Waals surface area contributed by atoms with Gasteiger partial charge in [-0.25, -0.2) is 13.1 Å².